The highest BCUT2D eigenvalue weighted by Crippen LogP contribution is 2.40. The van der Waals surface area contributed by atoms with Crippen LogP contribution in [-0.2, 0) is 18.9 Å². The molecule has 34 heteroatoms. The normalized spacial score (nSPS) is 21.6. The number of carbonyl (C=O) groups excluding carboxylic acids is 2. The number of morpholine rings is 4. The zero-order valence-corrected chi connectivity index (χ0v) is 74.8. The number of benzene rings is 4. The van der Waals surface area contributed by atoms with Crippen LogP contribution in [0.5, 0.6) is 34.5 Å². The third-order valence-electron chi connectivity index (χ3n) is 25.4. The highest BCUT2D eigenvalue weighted by atomic mass is 16.5. The van der Waals surface area contributed by atoms with E-state index in [0.29, 0.717) is 47.5 Å². The lowest BCUT2D eigenvalue weighted by Crippen LogP contribution is -2.39. The Morgan fingerprint density at radius 2 is 0.652 bits per heavy atom. The van der Waals surface area contributed by atoms with Gasteiger partial charge in [0, 0.05) is 203 Å². The summed E-state index contributed by atoms with van der Waals surface area (Å²) in [5.74, 6) is 6.53. The number of carbonyl (C=O) groups is 2. The number of amides is 2. The van der Waals surface area contributed by atoms with E-state index in [2.05, 4.69) is 159 Å². The van der Waals surface area contributed by atoms with Gasteiger partial charge in [0.15, 0.2) is 11.5 Å². The van der Waals surface area contributed by atoms with Crippen LogP contribution in [0.2, 0.25) is 0 Å². The molecule has 12 aromatic rings. The Balaban J connectivity index is 0.000000118. The zero-order valence-electron chi connectivity index (χ0n) is 74.8. The van der Waals surface area contributed by atoms with E-state index < -0.39 is 0 Å². The maximum Gasteiger partial charge on any atom is 0.253 e. The molecule has 4 N–H and O–H groups in total. The van der Waals surface area contributed by atoms with Crippen LogP contribution < -0.4 is 69.3 Å². The molecule has 5 saturated carbocycles. The summed E-state index contributed by atoms with van der Waals surface area (Å²) < 4.78 is 59.1. The second-order valence-electron chi connectivity index (χ2n) is 34.6. The van der Waals surface area contributed by atoms with Crippen LogP contribution in [0.4, 0.5) is 34.6 Å². The van der Waals surface area contributed by atoms with Crippen molar-refractivity contribution in [3.05, 3.63) is 183 Å². The van der Waals surface area contributed by atoms with Crippen LogP contribution in [0.15, 0.2) is 172 Å². The molecular weight excluding hydrogens is 1680 g/mol. The van der Waals surface area contributed by atoms with Crippen molar-refractivity contribution in [2.45, 2.75) is 171 Å². The van der Waals surface area contributed by atoms with Crippen molar-refractivity contribution < 1.29 is 57.0 Å². The van der Waals surface area contributed by atoms with Crippen molar-refractivity contribution in [3.8, 4) is 34.5 Å². The molecule has 2 amide bonds. The Hall–Kier alpha value is -12.9. The lowest BCUT2D eigenvalue weighted by Gasteiger charge is -2.31. The summed E-state index contributed by atoms with van der Waals surface area (Å²) in [6.07, 6.45) is 45.1. The first kappa shape index (κ1) is 89.7. The minimum atomic E-state index is -0.0676. The van der Waals surface area contributed by atoms with Crippen LogP contribution in [0, 0.1) is 5.92 Å². The number of ether oxygens (including phenoxy) is 10. The van der Waals surface area contributed by atoms with Crippen LogP contribution in [0.3, 0.4) is 0 Å². The van der Waals surface area contributed by atoms with Gasteiger partial charge < -0.3 is 88.2 Å². The molecule has 4 aromatic carbocycles. The molecule has 9 aliphatic rings. The van der Waals surface area contributed by atoms with E-state index in [1.54, 1.807) is 123 Å². The molecule has 0 unspecified atom stereocenters. The average Bonchev–Trinajstić information content (AvgIpc) is 0.911. The summed E-state index contributed by atoms with van der Waals surface area (Å²) in [4.78, 5) is 95.9. The van der Waals surface area contributed by atoms with E-state index in [4.69, 9.17) is 47.4 Å². The van der Waals surface area contributed by atoms with E-state index in [1.807, 2.05) is 6.92 Å². The van der Waals surface area contributed by atoms with Gasteiger partial charge in [0.2, 0.25) is 11.9 Å². The van der Waals surface area contributed by atoms with Gasteiger partial charge in [-0.2, -0.15) is 0 Å². The average molecular weight is 1790 g/mol. The summed E-state index contributed by atoms with van der Waals surface area (Å²) in [6.45, 7) is 16.1. The number of nitrogens with zero attached hydrogens (tertiary/aromatic N) is 18. The first-order valence-electron chi connectivity index (χ1n) is 46.9. The van der Waals surface area contributed by atoms with Crippen LogP contribution in [0.25, 0.3) is 44.1 Å². The van der Waals surface area contributed by atoms with Gasteiger partial charge in [-0.1, -0.05) is 0 Å². The number of nitrogens with one attached hydrogen (secondary N) is 4. The van der Waals surface area contributed by atoms with Gasteiger partial charge in [0.05, 0.1) is 143 Å². The monoisotopic (exact) mass is 1790 g/mol. The quantitative estimate of drug-likeness (QED) is 0.0413. The fourth-order valence-electron chi connectivity index (χ4n) is 18.0. The first-order chi connectivity index (χ1) is 65.1. The second-order valence-corrected chi connectivity index (χ2v) is 34.6. The summed E-state index contributed by atoms with van der Waals surface area (Å²) in [5, 5.41) is 13.2. The van der Waals surface area contributed by atoms with Crippen LogP contribution >= 0.6 is 0 Å². The lowest BCUT2D eigenvalue weighted by atomic mass is 9.92. The van der Waals surface area contributed by atoms with Gasteiger partial charge in [0.1, 0.15) is 45.1 Å². The van der Waals surface area contributed by atoms with Crippen molar-refractivity contribution >= 4 is 90.6 Å². The number of aromatic nitrogens is 14. The molecule has 0 radical (unpaired) electrons. The molecule has 5 aliphatic carbocycles. The highest BCUT2D eigenvalue weighted by Gasteiger charge is 2.32. The third-order valence-corrected chi connectivity index (χ3v) is 25.4. The minimum absolute atomic E-state index is 0.0451. The van der Waals surface area contributed by atoms with Crippen molar-refractivity contribution in [2.24, 2.45) is 5.92 Å². The first-order valence-corrected chi connectivity index (χ1v) is 46.9. The van der Waals surface area contributed by atoms with Crippen molar-refractivity contribution in [1.82, 2.24) is 80.4 Å². The Kier molecular flexibility index (Phi) is 30.4. The van der Waals surface area contributed by atoms with Crippen LogP contribution in [0.1, 0.15) is 143 Å². The molecule has 132 heavy (non-hydrogen) atoms. The van der Waals surface area contributed by atoms with Crippen molar-refractivity contribution in [2.75, 3.05) is 149 Å². The predicted molar refractivity (Wildman–Crippen MR) is 501 cm³/mol. The summed E-state index contributed by atoms with van der Waals surface area (Å²) in [7, 11) is 0. The number of hydrogen-bond donors (Lipinski definition) is 4. The van der Waals surface area contributed by atoms with E-state index in [9.17, 15) is 9.59 Å². The van der Waals surface area contributed by atoms with Crippen LogP contribution in [-0.4, -0.2) is 249 Å². The molecule has 9 fully saturated rings. The number of pyridine rings is 2. The Bertz CT molecular complexity index is 5520. The third kappa shape index (κ3) is 24.4. The van der Waals surface area contributed by atoms with Gasteiger partial charge in [-0.3, -0.25) is 39.5 Å². The highest BCUT2D eigenvalue weighted by molar-refractivity contribution is 5.95. The molecule has 8 aromatic heterocycles. The smallest absolute Gasteiger partial charge is 0.253 e. The molecule has 0 spiro atoms. The molecule has 4 saturated heterocycles. The molecule has 0 bridgehead atoms. The Labute approximate surface area is 767 Å². The SMILES string of the molecule is CCOc1cnc(NC2CCC(Oc3cc(N4CCOCC4)cc4nccnc34)CC2)nc1.O=C(NC1CCC(Oc2cc(N3CCOCC3)cc3nccnc23)CC1)c1cccnc1.O=C(NC1CCC(Oc2cc(N3CCOCC3)cc3nccnc23)CC1)c1ccncc1.c1cnc2c(OC3CCC(Nc4ncc(OCC5CC5)cn4)CC3)cc(N3CCOCC3)cc2n1. The molecular formula is C98H116N22O12. The van der Waals surface area contributed by atoms with Gasteiger partial charge in [0.25, 0.3) is 11.8 Å². The number of hydrogen-bond acceptors (Lipinski definition) is 32. The maximum absolute atomic E-state index is 12.4. The van der Waals surface area contributed by atoms with Gasteiger partial charge in [-0.15, -0.1) is 0 Å². The summed E-state index contributed by atoms with van der Waals surface area (Å²) in [6, 6.07) is 24.7. The summed E-state index contributed by atoms with van der Waals surface area (Å²) >= 11 is 0. The van der Waals surface area contributed by atoms with Gasteiger partial charge >= 0.3 is 0 Å². The topological polar surface area (TPSA) is 368 Å². The molecule has 4 aliphatic heterocycles. The number of anilines is 6. The van der Waals surface area contributed by atoms with Gasteiger partial charge in [-0.25, -0.2) is 39.9 Å². The Morgan fingerprint density at radius 1 is 0.333 bits per heavy atom. The standard InChI is InChI=1S/C26H32N6O3.C24H30N6O3.2C24H27N5O3/c1-2-18(1)17-34-22-15-29-26(30-16-22)31-19-3-5-21(6-4-19)35-24-14-20(32-9-11-33-12-10-32)13-23-25(24)28-8-7-27-23;1-2-32-20-15-27-24(28-16-20)29-17-3-5-19(6-4-17)33-22-14-18(30-9-11-31-12-10-30)13-21-23(22)26-8-7-25-21;30-24(17-5-7-25-8-6-17)28-18-1-3-20(4-2-18)32-22-16-19(29-11-13-31-14-12-29)15-21-23(22)27-10-9-26-21;30-24(17-2-1-7-25-16-17)28-18-3-5-20(6-4-18)32-22-15-19(29-10-12-31-13-11-29)14-21-23(22)27-9-8-26-21/h7-8,13-16,18-19,21H,1-6,9-12,17H2,(H,29,30,31);7-8,13-17,19H,2-6,9-12H2,1H3,(H,27,28,29);5-10,15-16,18,20H,1-4,11-14H2,(H,28,30);1-2,7-9,14-16,18,20H,3-6,10-13H2,(H,28,30). The largest absolute Gasteiger partial charge is 0.491 e. The molecule has 21 rings (SSSR count). The minimum Gasteiger partial charge on any atom is -0.491 e. The zero-order chi connectivity index (χ0) is 89.4. The number of rotatable bonds is 25. The van der Waals surface area contributed by atoms with E-state index >= 15 is 0 Å². The molecule has 34 nitrogen and oxygen atoms in total. The van der Waals surface area contributed by atoms with Crippen molar-refractivity contribution in [1.29, 1.82) is 0 Å². The number of fused-ring (bicyclic) bond motifs is 4. The molecule has 12 heterocycles. The molecule has 0 atom stereocenters. The van der Waals surface area contributed by atoms with E-state index in [-0.39, 0.29) is 48.3 Å². The van der Waals surface area contributed by atoms with E-state index in [0.717, 1.165) is 316 Å². The summed E-state index contributed by atoms with van der Waals surface area (Å²) in [5.41, 5.74) is 12.3. The maximum atomic E-state index is 12.4. The Morgan fingerprint density at radius 3 is 0.970 bits per heavy atom. The second kappa shape index (κ2) is 44.8. The lowest BCUT2D eigenvalue weighted by molar-refractivity contribution is 0.0888. The predicted octanol–water partition coefficient (Wildman–Crippen LogP) is 13.3. The fraction of sp³-hybridized carbons (Fsp3) is 0.469. The van der Waals surface area contributed by atoms with Crippen molar-refractivity contribution in [3.63, 3.8) is 0 Å². The van der Waals surface area contributed by atoms with Gasteiger partial charge in [-0.05, 0) is 177 Å². The van der Waals surface area contributed by atoms with E-state index in [1.165, 1.54) is 12.8 Å². The molecule has 690 valence electrons. The fourth-order valence-corrected chi connectivity index (χ4v) is 18.0.